The van der Waals surface area contributed by atoms with Gasteiger partial charge in [-0.15, -0.1) is 0 Å². The maximum Gasteiger partial charge on any atom is 0.267 e. The molecule has 0 aliphatic heterocycles. The first kappa shape index (κ1) is 13.8. The molecule has 0 saturated carbocycles. The number of anilines is 2. The highest BCUT2D eigenvalue weighted by Crippen LogP contribution is 2.24. The van der Waals surface area contributed by atoms with Gasteiger partial charge in [0.05, 0.1) is 17.6 Å². The van der Waals surface area contributed by atoms with Gasteiger partial charge >= 0.3 is 0 Å². The lowest BCUT2D eigenvalue weighted by Crippen LogP contribution is -2.15. The average Bonchev–Trinajstić information content (AvgIpc) is 2.56. The van der Waals surface area contributed by atoms with Crippen LogP contribution in [0.1, 0.15) is 5.69 Å². The summed E-state index contributed by atoms with van der Waals surface area (Å²) in [6, 6.07) is 3.23. The molecule has 2 aromatic heterocycles. The van der Waals surface area contributed by atoms with E-state index in [2.05, 4.69) is 30.7 Å². The lowest BCUT2D eigenvalue weighted by Gasteiger charge is -2.07. The van der Waals surface area contributed by atoms with E-state index in [9.17, 15) is 8.42 Å². The van der Waals surface area contributed by atoms with Crippen LogP contribution in [0.2, 0.25) is 0 Å². The SMILES string of the molecule is Cc1c(S(=O)(=O)Nc2ccc(Br)nc2)c(N)nn1C. The van der Waals surface area contributed by atoms with Gasteiger partial charge in [0.2, 0.25) is 0 Å². The van der Waals surface area contributed by atoms with Gasteiger partial charge in [0.1, 0.15) is 4.60 Å². The summed E-state index contributed by atoms with van der Waals surface area (Å²) >= 11 is 3.17. The predicted molar refractivity (Wildman–Crippen MR) is 75.1 cm³/mol. The molecule has 0 fully saturated rings. The molecule has 9 heteroatoms. The Kier molecular flexibility index (Phi) is 3.50. The maximum absolute atomic E-state index is 12.3. The summed E-state index contributed by atoms with van der Waals surface area (Å²) in [4.78, 5) is 3.93. The van der Waals surface area contributed by atoms with Gasteiger partial charge in [-0.3, -0.25) is 9.40 Å². The van der Waals surface area contributed by atoms with Crippen molar-refractivity contribution in [3.63, 3.8) is 0 Å². The van der Waals surface area contributed by atoms with E-state index in [0.717, 1.165) is 0 Å². The third-order valence-corrected chi connectivity index (χ3v) is 4.57. The standard InChI is InChI=1S/C10H12BrN5O2S/c1-6-9(10(12)14-16(6)2)19(17,18)15-7-3-4-8(11)13-5-7/h3-5,15H,1-2H3,(H2,12,14). The zero-order chi connectivity index (χ0) is 14.2. The molecular weight excluding hydrogens is 334 g/mol. The predicted octanol–water partition coefficient (Wildman–Crippen LogP) is 1.27. The average molecular weight is 346 g/mol. The zero-order valence-electron chi connectivity index (χ0n) is 10.3. The third kappa shape index (κ3) is 2.71. The summed E-state index contributed by atoms with van der Waals surface area (Å²) in [6.07, 6.45) is 1.41. The Morgan fingerprint density at radius 2 is 2.11 bits per heavy atom. The Morgan fingerprint density at radius 3 is 2.58 bits per heavy atom. The van der Waals surface area contributed by atoms with Crippen LogP contribution in [0.4, 0.5) is 11.5 Å². The van der Waals surface area contributed by atoms with E-state index in [-0.39, 0.29) is 10.7 Å². The van der Waals surface area contributed by atoms with Crippen molar-refractivity contribution < 1.29 is 8.42 Å². The zero-order valence-corrected chi connectivity index (χ0v) is 12.7. The van der Waals surface area contributed by atoms with Gasteiger partial charge in [0.15, 0.2) is 10.7 Å². The number of sulfonamides is 1. The van der Waals surface area contributed by atoms with Crippen LogP contribution < -0.4 is 10.5 Å². The second-order valence-corrected chi connectivity index (χ2v) is 6.33. The number of hydrogen-bond acceptors (Lipinski definition) is 5. The molecule has 2 rings (SSSR count). The molecule has 0 saturated heterocycles. The molecule has 2 aromatic rings. The van der Waals surface area contributed by atoms with Crippen molar-refractivity contribution in [3.8, 4) is 0 Å². The van der Waals surface area contributed by atoms with E-state index in [1.807, 2.05) is 0 Å². The summed E-state index contributed by atoms with van der Waals surface area (Å²) in [6.45, 7) is 1.64. The fourth-order valence-corrected chi connectivity index (χ4v) is 3.19. The molecule has 19 heavy (non-hydrogen) atoms. The number of rotatable bonds is 3. The van der Waals surface area contributed by atoms with E-state index in [1.165, 1.54) is 10.9 Å². The number of nitrogens with one attached hydrogen (secondary N) is 1. The van der Waals surface area contributed by atoms with Gasteiger partial charge in [-0.25, -0.2) is 13.4 Å². The second kappa shape index (κ2) is 4.82. The molecule has 0 unspecified atom stereocenters. The van der Waals surface area contributed by atoms with Crippen LogP contribution in [0.5, 0.6) is 0 Å². The largest absolute Gasteiger partial charge is 0.381 e. The molecule has 0 aliphatic rings. The molecule has 0 aromatic carbocycles. The van der Waals surface area contributed by atoms with Gasteiger partial charge in [0.25, 0.3) is 10.0 Å². The number of hydrogen-bond donors (Lipinski definition) is 2. The number of halogens is 1. The first-order chi connectivity index (χ1) is 8.81. The van der Waals surface area contributed by atoms with Gasteiger partial charge < -0.3 is 5.73 Å². The van der Waals surface area contributed by atoms with Crippen LogP contribution in [0.3, 0.4) is 0 Å². The number of nitrogens with zero attached hydrogens (tertiary/aromatic N) is 3. The monoisotopic (exact) mass is 345 g/mol. The lowest BCUT2D eigenvalue weighted by molar-refractivity contribution is 0.600. The summed E-state index contributed by atoms with van der Waals surface area (Å²) in [5, 5.41) is 3.88. The first-order valence-electron chi connectivity index (χ1n) is 5.24. The topological polar surface area (TPSA) is 103 Å². The summed E-state index contributed by atoms with van der Waals surface area (Å²) in [7, 11) is -2.15. The van der Waals surface area contributed by atoms with Crippen LogP contribution in [-0.4, -0.2) is 23.2 Å². The number of aryl methyl sites for hydroxylation is 1. The van der Waals surface area contributed by atoms with Crippen molar-refractivity contribution in [1.29, 1.82) is 0 Å². The molecule has 0 atom stereocenters. The van der Waals surface area contributed by atoms with Crippen LogP contribution in [-0.2, 0) is 17.1 Å². The highest BCUT2D eigenvalue weighted by Gasteiger charge is 2.24. The van der Waals surface area contributed by atoms with Gasteiger partial charge in [-0.05, 0) is 35.0 Å². The van der Waals surface area contributed by atoms with Crippen molar-refractivity contribution in [3.05, 3.63) is 28.6 Å². The summed E-state index contributed by atoms with van der Waals surface area (Å²) < 4.78 is 29.0. The first-order valence-corrected chi connectivity index (χ1v) is 7.52. The Morgan fingerprint density at radius 1 is 1.42 bits per heavy atom. The number of nitrogens with two attached hydrogens (primary N) is 1. The minimum Gasteiger partial charge on any atom is -0.381 e. The summed E-state index contributed by atoms with van der Waals surface area (Å²) in [5.41, 5.74) is 6.45. The fraction of sp³-hybridized carbons (Fsp3) is 0.200. The van der Waals surface area contributed by atoms with Crippen LogP contribution in [0.15, 0.2) is 27.8 Å². The Balaban J connectivity index is 2.40. The smallest absolute Gasteiger partial charge is 0.267 e. The normalized spacial score (nSPS) is 11.5. The molecule has 0 amide bonds. The van der Waals surface area contributed by atoms with Crippen LogP contribution in [0.25, 0.3) is 0 Å². The van der Waals surface area contributed by atoms with E-state index in [0.29, 0.717) is 16.0 Å². The Bertz CT molecular complexity index is 708. The Labute approximate surface area is 119 Å². The van der Waals surface area contributed by atoms with E-state index in [1.54, 1.807) is 26.1 Å². The van der Waals surface area contributed by atoms with E-state index < -0.39 is 10.0 Å². The third-order valence-electron chi connectivity index (χ3n) is 2.55. The molecule has 0 spiro atoms. The van der Waals surface area contributed by atoms with E-state index in [4.69, 9.17) is 5.73 Å². The molecule has 0 radical (unpaired) electrons. The Hall–Kier alpha value is -1.61. The minimum atomic E-state index is -3.78. The molecule has 102 valence electrons. The van der Waals surface area contributed by atoms with Gasteiger partial charge in [-0.2, -0.15) is 5.10 Å². The number of aromatic nitrogens is 3. The summed E-state index contributed by atoms with van der Waals surface area (Å²) in [5.74, 6) is -0.0300. The molecule has 0 bridgehead atoms. The molecule has 2 heterocycles. The molecular formula is C10H12BrN5O2S. The molecule has 0 aliphatic carbocycles. The van der Waals surface area contributed by atoms with Crippen molar-refractivity contribution in [2.75, 3.05) is 10.5 Å². The van der Waals surface area contributed by atoms with E-state index >= 15 is 0 Å². The maximum atomic E-state index is 12.3. The highest BCUT2D eigenvalue weighted by atomic mass is 79.9. The van der Waals surface area contributed by atoms with Crippen molar-refractivity contribution in [2.45, 2.75) is 11.8 Å². The van der Waals surface area contributed by atoms with Crippen molar-refractivity contribution >= 4 is 37.5 Å². The van der Waals surface area contributed by atoms with Crippen LogP contribution in [0, 0.1) is 6.92 Å². The number of nitrogen functional groups attached to an aromatic ring is 1. The lowest BCUT2D eigenvalue weighted by atomic mass is 10.4. The van der Waals surface area contributed by atoms with Gasteiger partial charge in [-0.1, -0.05) is 0 Å². The highest BCUT2D eigenvalue weighted by molar-refractivity contribution is 9.10. The molecule has 7 nitrogen and oxygen atoms in total. The second-order valence-electron chi connectivity index (χ2n) is 3.90. The quantitative estimate of drug-likeness (QED) is 0.815. The van der Waals surface area contributed by atoms with Gasteiger partial charge in [0, 0.05) is 7.05 Å². The van der Waals surface area contributed by atoms with Crippen molar-refractivity contribution in [1.82, 2.24) is 14.8 Å². The number of pyridine rings is 1. The molecule has 3 N–H and O–H groups in total. The van der Waals surface area contributed by atoms with Crippen LogP contribution >= 0.6 is 15.9 Å². The minimum absolute atomic E-state index is 0.0158. The fourth-order valence-electron chi connectivity index (χ4n) is 1.59. The van der Waals surface area contributed by atoms with Crippen molar-refractivity contribution in [2.24, 2.45) is 7.05 Å².